The molecule has 1 aliphatic rings. The number of anilines is 1. The number of carbonyl (C=O) groups is 2. The molecule has 1 aromatic carbocycles. The first-order chi connectivity index (χ1) is 12.5. The Hall–Kier alpha value is -2.56. The lowest BCUT2D eigenvalue weighted by Gasteiger charge is -2.10. The van der Waals surface area contributed by atoms with E-state index in [1.165, 1.54) is 29.5 Å². The highest BCUT2D eigenvalue weighted by Gasteiger charge is 2.22. The Bertz CT molecular complexity index is 917. The number of carbonyl (C=O) groups excluding carboxylic acids is 2. The second-order valence-corrected chi connectivity index (χ2v) is 7.41. The van der Waals surface area contributed by atoms with Crippen molar-refractivity contribution in [3.63, 3.8) is 0 Å². The lowest BCUT2D eigenvalue weighted by molar-refractivity contribution is -0.118. The van der Waals surface area contributed by atoms with E-state index in [0.29, 0.717) is 15.6 Å². The van der Waals surface area contributed by atoms with Crippen LogP contribution in [-0.4, -0.2) is 18.4 Å². The van der Waals surface area contributed by atoms with Crippen LogP contribution < -0.4 is 15.8 Å². The molecule has 1 aliphatic carbocycles. The molecule has 134 valence electrons. The van der Waals surface area contributed by atoms with E-state index in [0.717, 1.165) is 36.1 Å². The second-order valence-electron chi connectivity index (χ2n) is 5.87. The van der Waals surface area contributed by atoms with Gasteiger partial charge in [0.05, 0.1) is 11.1 Å². The summed E-state index contributed by atoms with van der Waals surface area (Å²) in [5.74, 6) is -0.948. The van der Waals surface area contributed by atoms with Gasteiger partial charge in [-0.15, -0.1) is 11.3 Å². The summed E-state index contributed by atoms with van der Waals surface area (Å²) in [6, 6.07) is 6.58. The van der Waals surface area contributed by atoms with E-state index in [2.05, 4.69) is 11.4 Å². The van der Waals surface area contributed by atoms with Gasteiger partial charge in [0.1, 0.15) is 16.8 Å². The van der Waals surface area contributed by atoms with Gasteiger partial charge >= 0.3 is 0 Å². The Kier molecular flexibility index (Phi) is 5.45. The minimum atomic E-state index is -0.672. The number of rotatable bonds is 5. The van der Waals surface area contributed by atoms with Crippen LogP contribution in [0.2, 0.25) is 5.02 Å². The van der Waals surface area contributed by atoms with Crippen LogP contribution in [0.1, 0.15) is 39.2 Å². The van der Waals surface area contributed by atoms with E-state index >= 15 is 0 Å². The molecule has 8 heteroatoms. The molecular formula is C18H16ClN3O3S. The molecule has 6 nitrogen and oxygen atoms in total. The monoisotopic (exact) mass is 389 g/mol. The number of nitrogens with one attached hydrogen (secondary N) is 1. The molecule has 3 N–H and O–H groups in total. The fourth-order valence-electron chi connectivity index (χ4n) is 2.90. The number of aryl methyl sites for hydroxylation is 1. The van der Waals surface area contributed by atoms with Crippen LogP contribution in [0.25, 0.3) is 0 Å². The van der Waals surface area contributed by atoms with Gasteiger partial charge in [-0.1, -0.05) is 11.6 Å². The lowest BCUT2D eigenvalue weighted by atomic mass is 9.96. The zero-order chi connectivity index (χ0) is 18.7. The molecule has 1 heterocycles. The molecule has 2 aromatic rings. The number of primary amides is 1. The van der Waals surface area contributed by atoms with Crippen LogP contribution in [0.3, 0.4) is 0 Å². The van der Waals surface area contributed by atoms with E-state index in [-0.39, 0.29) is 17.9 Å². The van der Waals surface area contributed by atoms with Crippen LogP contribution >= 0.6 is 22.9 Å². The topological polar surface area (TPSA) is 105 Å². The molecule has 0 saturated heterocycles. The van der Waals surface area contributed by atoms with Gasteiger partial charge in [0.25, 0.3) is 11.8 Å². The largest absolute Gasteiger partial charge is 0.483 e. The number of thiophene rings is 1. The van der Waals surface area contributed by atoms with Gasteiger partial charge in [-0.05, 0) is 49.4 Å². The number of fused-ring (bicyclic) bond motifs is 1. The summed E-state index contributed by atoms with van der Waals surface area (Å²) in [4.78, 5) is 24.8. The Morgan fingerprint density at radius 2 is 2.12 bits per heavy atom. The predicted molar refractivity (Wildman–Crippen MR) is 99.8 cm³/mol. The van der Waals surface area contributed by atoms with E-state index < -0.39 is 11.8 Å². The van der Waals surface area contributed by atoms with Gasteiger partial charge in [0, 0.05) is 9.90 Å². The molecule has 0 atom stereocenters. The summed E-state index contributed by atoms with van der Waals surface area (Å²) < 4.78 is 5.41. The third-order valence-corrected chi connectivity index (χ3v) is 5.55. The highest BCUT2D eigenvalue weighted by atomic mass is 35.5. The van der Waals surface area contributed by atoms with Crippen LogP contribution in [0, 0.1) is 11.3 Å². The van der Waals surface area contributed by atoms with Crippen LogP contribution in [-0.2, 0) is 17.6 Å². The minimum Gasteiger partial charge on any atom is -0.483 e. The van der Waals surface area contributed by atoms with Gasteiger partial charge < -0.3 is 15.8 Å². The summed E-state index contributed by atoms with van der Waals surface area (Å²) in [7, 11) is 0. The van der Waals surface area contributed by atoms with Crippen LogP contribution in [0.15, 0.2) is 18.2 Å². The number of halogens is 1. The van der Waals surface area contributed by atoms with Crippen LogP contribution in [0.5, 0.6) is 5.75 Å². The van der Waals surface area contributed by atoms with E-state index in [4.69, 9.17) is 22.1 Å². The van der Waals surface area contributed by atoms with E-state index in [9.17, 15) is 14.9 Å². The first kappa shape index (κ1) is 18.2. The molecule has 2 amide bonds. The fraction of sp³-hybridized carbons (Fsp3) is 0.278. The normalized spacial score (nSPS) is 12.8. The summed E-state index contributed by atoms with van der Waals surface area (Å²) in [5, 5.41) is 13.1. The quantitative estimate of drug-likeness (QED) is 0.818. The van der Waals surface area contributed by atoms with Gasteiger partial charge in [0.2, 0.25) is 0 Å². The maximum absolute atomic E-state index is 12.2. The van der Waals surface area contributed by atoms with Crippen molar-refractivity contribution < 1.29 is 14.3 Å². The summed E-state index contributed by atoms with van der Waals surface area (Å²) in [6.45, 7) is -0.325. The van der Waals surface area contributed by atoms with Crippen molar-refractivity contribution in [3.05, 3.63) is 44.8 Å². The van der Waals surface area contributed by atoms with E-state index in [1.54, 1.807) is 0 Å². The SMILES string of the molecule is N#Cc1c(NC(=O)COc2cc(Cl)ccc2C(N)=O)sc2c1CCCC2. The number of benzene rings is 1. The lowest BCUT2D eigenvalue weighted by Crippen LogP contribution is -2.21. The Morgan fingerprint density at radius 3 is 2.85 bits per heavy atom. The maximum atomic E-state index is 12.2. The average molecular weight is 390 g/mol. The first-order valence-electron chi connectivity index (χ1n) is 8.06. The first-order valence-corrected chi connectivity index (χ1v) is 9.25. The number of amides is 2. The predicted octanol–water partition coefficient (Wildman–Crippen LogP) is 3.27. The molecule has 1 aromatic heterocycles. The number of nitrogens with two attached hydrogens (primary N) is 1. The second kappa shape index (κ2) is 7.77. The smallest absolute Gasteiger partial charge is 0.262 e. The molecule has 0 fully saturated rings. The third-order valence-electron chi connectivity index (χ3n) is 4.10. The molecule has 3 rings (SSSR count). The molecule has 0 unspecified atom stereocenters. The van der Waals surface area contributed by atoms with Gasteiger partial charge in [-0.2, -0.15) is 5.26 Å². The Morgan fingerprint density at radius 1 is 1.35 bits per heavy atom. The van der Waals surface area contributed by atoms with Crippen molar-refractivity contribution in [2.75, 3.05) is 11.9 Å². The molecule has 0 saturated carbocycles. The summed E-state index contributed by atoms with van der Waals surface area (Å²) in [5.41, 5.74) is 7.02. The molecular weight excluding hydrogens is 374 g/mol. The zero-order valence-corrected chi connectivity index (χ0v) is 15.4. The van der Waals surface area contributed by atoms with Crippen molar-refractivity contribution in [3.8, 4) is 11.8 Å². The molecule has 26 heavy (non-hydrogen) atoms. The standard InChI is InChI=1S/C18H16ClN3O3S/c19-10-5-6-12(17(21)24)14(7-10)25-9-16(23)22-18-13(8-20)11-3-1-2-4-15(11)26-18/h5-7H,1-4,9H2,(H2,21,24)(H,22,23). The molecule has 0 spiro atoms. The highest BCUT2D eigenvalue weighted by Crippen LogP contribution is 2.37. The Labute approximate surface area is 159 Å². The number of nitriles is 1. The zero-order valence-electron chi connectivity index (χ0n) is 13.8. The third kappa shape index (κ3) is 3.82. The minimum absolute atomic E-state index is 0.145. The maximum Gasteiger partial charge on any atom is 0.262 e. The van der Waals surface area contributed by atoms with Crippen molar-refractivity contribution in [1.82, 2.24) is 0 Å². The number of ether oxygens (including phenoxy) is 1. The van der Waals surface area contributed by atoms with Gasteiger partial charge in [0.15, 0.2) is 6.61 Å². The van der Waals surface area contributed by atoms with Crippen molar-refractivity contribution in [1.29, 1.82) is 5.26 Å². The molecule has 0 bridgehead atoms. The Balaban J connectivity index is 1.71. The highest BCUT2D eigenvalue weighted by molar-refractivity contribution is 7.16. The van der Waals surface area contributed by atoms with Crippen LogP contribution in [0.4, 0.5) is 5.00 Å². The van der Waals surface area contributed by atoms with Crippen molar-refractivity contribution in [2.24, 2.45) is 5.73 Å². The number of hydrogen-bond acceptors (Lipinski definition) is 5. The summed E-state index contributed by atoms with van der Waals surface area (Å²) in [6.07, 6.45) is 3.95. The summed E-state index contributed by atoms with van der Waals surface area (Å²) >= 11 is 7.34. The molecule has 0 radical (unpaired) electrons. The van der Waals surface area contributed by atoms with Gasteiger partial charge in [-0.25, -0.2) is 0 Å². The van der Waals surface area contributed by atoms with Gasteiger partial charge in [-0.3, -0.25) is 9.59 Å². The van der Waals surface area contributed by atoms with E-state index in [1.807, 2.05) is 0 Å². The van der Waals surface area contributed by atoms with Crippen molar-refractivity contribution >= 4 is 39.8 Å². The number of hydrogen-bond donors (Lipinski definition) is 2. The number of nitrogens with zero attached hydrogens (tertiary/aromatic N) is 1. The fourth-order valence-corrected chi connectivity index (χ4v) is 4.32. The van der Waals surface area contributed by atoms with Crippen molar-refractivity contribution in [2.45, 2.75) is 25.7 Å². The average Bonchev–Trinajstić information content (AvgIpc) is 2.96. The molecule has 0 aliphatic heterocycles.